The van der Waals surface area contributed by atoms with Gasteiger partial charge in [-0.15, -0.1) is 5.54 Å². The largest absolute Gasteiger partial charge is 0.480 e. The van der Waals surface area contributed by atoms with Crippen LogP contribution in [-0.2, 0) is 0 Å². The Kier molecular flexibility index (Phi) is 3.88. The number of rotatable bonds is 1. The van der Waals surface area contributed by atoms with E-state index in [-0.39, 0.29) is 0 Å². The van der Waals surface area contributed by atoms with Gasteiger partial charge in [0.1, 0.15) is 24.6 Å². The van der Waals surface area contributed by atoms with Gasteiger partial charge in [0.15, 0.2) is 0 Å². The third-order valence-corrected chi connectivity index (χ3v) is 3.00. The van der Waals surface area contributed by atoms with Gasteiger partial charge in [-0.2, -0.15) is 0 Å². The first-order valence-corrected chi connectivity index (χ1v) is 8.81. The summed E-state index contributed by atoms with van der Waals surface area (Å²) in [5.41, 5.74) is 3.98. The lowest BCUT2D eigenvalue weighted by atomic mass is 10.3. The third-order valence-electron chi connectivity index (χ3n) is 1.52. The average Bonchev–Trinajstić information content (AvgIpc) is 2.14. The van der Waals surface area contributed by atoms with Crippen molar-refractivity contribution in [3.8, 4) is 17.3 Å². The van der Waals surface area contributed by atoms with E-state index in [0.717, 1.165) is 5.56 Å². The molecule has 0 saturated carbocycles. The van der Waals surface area contributed by atoms with E-state index < -0.39 is 8.07 Å². The van der Waals surface area contributed by atoms with E-state index in [0.29, 0.717) is 10.5 Å². The van der Waals surface area contributed by atoms with Crippen LogP contribution in [0.15, 0.2) is 10.9 Å². The molecule has 1 aromatic heterocycles. The summed E-state index contributed by atoms with van der Waals surface area (Å²) >= 11 is 3.34. The number of ether oxygens (including phenoxy) is 1. The standard InChI is InChI=1S/C10H13BrN2OSi/c1-14-10-8(5-6-15(2,3)4)9(11)12-7-13-10/h7H,1-4H3. The Morgan fingerprint density at radius 2 is 2.00 bits per heavy atom. The monoisotopic (exact) mass is 284 g/mol. The Labute approximate surface area is 99.4 Å². The van der Waals surface area contributed by atoms with Gasteiger partial charge in [0.25, 0.3) is 0 Å². The third kappa shape index (κ3) is 3.65. The van der Waals surface area contributed by atoms with Gasteiger partial charge in [0.05, 0.1) is 7.11 Å². The molecule has 0 spiro atoms. The summed E-state index contributed by atoms with van der Waals surface area (Å²) in [6.45, 7) is 6.55. The fourth-order valence-electron chi connectivity index (χ4n) is 0.859. The molecule has 0 saturated heterocycles. The SMILES string of the molecule is COc1ncnc(Br)c1C#C[Si](C)(C)C. The van der Waals surface area contributed by atoms with Gasteiger partial charge in [-0.1, -0.05) is 25.6 Å². The molecule has 0 aliphatic rings. The molecule has 1 aromatic rings. The van der Waals surface area contributed by atoms with Crippen molar-refractivity contribution in [2.24, 2.45) is 0 Å². The molecule has 80 valence electrons. The molecule has 0 unspecified atom stereocenters. The molecule has 0 amide bonds. The van der Waals surface area contributed by atoms with Crippen LogP contribution in [0, 0.1) is 11.5 Å². The van der Waals surface area contributed by atoms with Crippen LogP contribution < -0.4 is 4.74 Å². The van der Waals surface area contributed by atoms with E-state index in [9.17, 15) is 0 Å². The minimum Gasteiger partial charge on any atom is -0.480 e. The number of halogens is 1. The lowest BCUT2D eigenvalue weighted by molar-refractivity contribution is 0.395. The van der Waals surface area contributed by atoms with E-state index in [2.05, 4.69) is 57.0 Å². The molecule has 0 bridgehead atoms. The molecule has 0 fully saturated rings. The van der Waals surface area contributed by atoms with Gasteiger partial charge in [-0.3, -0.25) is 0 Å². The normalized spacial score (nSPS) is 10.5. The van der Waals surface area contributed by atoms with Crippen LogP contribution in [0.2, 0.25) is 19.6 Å². The molecule has 0 aliphatic carbocycles. The Balaban J connectivity index is 3.17. The van der Waals surface area contributed by atoms with Crippen molar-refractivity contribution in [3.05, 3.63) is 16.5 Å². The van der Waals surface area contributed by atoms with Crippen LogP contribution in [0.4, 0.5) is 0 Å². The van der Waals surface area contributed by atoms with Crippen molar-refractivity contribution in [1.29, 1.82) is 0 Å². The molecule has 1 heterocycles. The number of nitrogens with zero attached hydrogens (tertiary/aromatic N) is 2. The van der Waals surface area contributed by atoms with E-state index in [1.54, 1.807) is 7.11 Å². The zero-order valence-corrected chi connectivity index (χ0v) is 11.8. The summed E-state index contributed by atoms with van der Waals surface area (Å²) < 4.78 is 5.80. The summed E-state index contributed by atoms with van der Waals surface area (Å²) in [6, 6.07) is 0. The Bertz CT molecular complexity index is 418. The summed E-state index contributed by atoms with van der Waals surface area (Å²) in [6.07, 6.45) is 1.45. The number of methoxy groups -OCH3 is 1. The Hall–Kier alpha value is -0.863. The van der Waals surface area contributed by atoms with Crippen LogP contribution in [-0.4, -0.2) is 25.2 Å². The highest BCUT2D eigenvalue weighted by Crippen LogP contribution is 2.20. The molecule has 0 aromatic carbocycles. The maximum Gasteiger partial charge on any atom is 0.233 e. The molecule has 0 atom stereocenters. The highest BCUT2D eigenvalue weighted by molar-refractivity contribution is 9.10. The van der Waals surface area contributed by atoms with Crippen molar-refractivity contribution in [3.63, 3.8) is 0 Å². The summed E-state index contributed by atoms with van der Waals surface area (Å²) in [5, 5.41) is 0. The van der Waals surface area contributed by atoms with Gasteiger partial charge in [-0.05, 0) is 15.9 Å². The second-order valence-corrected chi connectivity index (χ2v) is 9.55. The van der Waals surface area contributed by atoms with E-state index in [4.69, 9.17) is 4.74 Å². The average molecular weight is 285 g/mol. The quantitative estimate of drug-likeness (QED) is 0.452. The zero-order chi connectivity index (χ0) is 11.5. The number of hydrogen-bond donors (Lipinski definition) is 0. The Morgan fingerprint density at radius 1 is 1.33 bits per heavy atom. The summed E-state index contributed by atoms with van der Waals surface area (Å²) in [7, 11) is 0.186. The molecular weight excluding hydrogens is 272 g/mol. The van der Waals surface area contributed by atoms with Gasteiger partial charge in [-0.25, -0.2) is 9.97 Å². The predicted octanol–water partition coefficient (Wildman–Crippen LogP) is 2.48. The summed E-state index contributed by atoms with van der Waals surface area (Å²) in [5.74, 6) is 3.60. The lowest BCUT2D eigenvalue weighted by Crippen LogP contribution is -2.16. The minimum absolute atomic E-state index is 0.516. The van der Waals surface area contributed by atoms with Crippen molar-refractivity contribution < 1.29 is 4.74 Å². The first-order chi connectivity index (χ1) is 6.94. The molecule has 3 nitrogen and oxygen atoms in total. The highest BCUT2D eigenvalue weighted by Gasteiger charge is 2.11. The van der Waals surface area contributed by atoms with Crippen LogP contribution >= 0.6 is 15.9 Å². The van der Waals surface area contributed by atoms with Crippen molar-refractivity contribution in [1.82, 2.24) is 9.97 Å². The molecule has 0 aliphatic heterocycles. The topological polar surface area (TPSA) is 35.0 Å². The second-order valence-electron chi connectivity index (χ2n) is 4.05. The first-order valence-electron chi connectivity index (χ1n) is 4.51. The minimum atomic E-state index is -1.39. The first kappa shape index (κ1) is 12.2. The lowest BCUT2D eigenvalue weighted by Gasteiger charge is -2.05. The molecule has 0 N–H and O–H groups in total. The van der Waals surface area contributed by atoms with Crippen molar-refractivity contribution in [2.45, 2.75) is 19.6 Å². The van der Waals surface area contributed by atoms with Crippen LogP contribution in [0.3, 0.4) is 0 Å². The van der Waals surface area contributed by atoms with E-state index >= 15 is 0 Å². The number of aromatic nitrogens is 2. The van der Waals surface area contributed by atoms with Gasteiger partial charge < -0.3 is 4.74 Å². The molecular formula is C10H13BrN2OSi. The molecule has 1 rings (SSSR count). The molecule has 5 heteroatoms. The van der Waals surface area contributed by atoms with Crippen molar-refractivity contribution >= 4 is 24.0 Å². The molecule has 15 heavy (non-hydrogen) atoms. The Morgan fingerprint density at radius 3 is 2.53 bits per heavy atom. The highest BCUT2D eigenvalue weighted by atomic mass is 79.9. The van der Waals surface area contributed by atoms with Crippen molar-refractivity contribution in [2.75, 3.05) is 7.11 Å². The molecule has 0 radical (unpaired) electrons. The fourth-order valence-corrected chi connectivity index (χ4v) is 1.72. The maximum absolute atomic E-state index is 5.12. The van der Waals surface area contributed by atoms with Gasteiger partial charge in [0.2, 0.25) is 5.88 Å². The van der Waals surface area contributed by atoms with Crippen LogP contribution in [0.25, 0.3) is 0 Å². The van der Waals surface area contributed by atoms with Crippen LogP contribution in [0.5, 0.6) is 5.88 Å². The van der Waals surface area contributed by atoms with Crippen LogP contribution in [0.1, 0.15) is 5.56 Å². The van der Waals surface area contributed by atoms with E-state index in [1.807, 2.05) is 0 Å². The number of hydrogen-bond acceptors (Lipinski definition) is 3. The fraction of sp³-hybridized carbons (Fsp3) is 0.400. The van der Waals surface area contributed by atoms with Gasteiger partial charge in [0, 0.05) is 0 Å². The summed E-state index contributed by atoms with van der Waals surface area (Å²) in [4.78, 5) is 8.04. The van der Waals surface area contributed by atoms with E-state index in [1.165, 1.54) is 6.33 Å². The predicted molar refractivity (Wildman–Crippen MR) is 66.5 cm³/mol. The second kappa shape index (κ2) is 4.77. The smallest absolute Gasteiger partial charge is 0.233 e. The maximum atomic E-state index is 5.12. The zero-order valence-electron chi connectivity index (χ0n) is 9.26. The van der Waals surface area contributed by atoms with Gasteiger partial charge >= 0.3 is 0 Å².